The van der Waals surface area contributed by atoms with Crippen LogP contribution in [0.4, 0.5) is 5.82 Å². The predicted molar refractivity (Wildman–Crippen MR) is 146 cm³/mol. The average Bonchev–Trinajstić information content (AvgIpc) is 3.22. The van der Waals surface area contributed by atoms with Crippen molar-refractivity contribution >= 4 is 22.6 Å². The number of hydrogen-bond donors (Lipinski definition) is 1. The van der Waals surface area contributed by atoms with E-state index >= 15 is 0 Å². The van der Waals surface area contributed by atoms with Crippen LogP contribution < -0.4 is 10.2 Å². The van der Waals surface area contributed by atoms with Crippen LogP contribution in [0.1, 0.15) is 55.5 Å². The summed E-state index contributed by atoms with van der Waals surface area (Å²) in [6.07, 6.45) is 6.31. The van der Waals surface area contributed by atoms with E-state index in [1.54, 1.807) is 0 Å². The number of piperidine rings is 1. The third-order valence-electron chi connectivity index (χ3n) is 7.26. The van der Waals surface area contributed by atoms with E-state index in [2.05, 4.69) is 77.5 Å². The van der Waals surface area contributed by atoms with Gasteiger partial charge in [0, 0.05) is 25.6 Å². The number of aromatic nitrogens is 4. The third-order valence-corrected chi connectivity index (χ3v) is 7.26. The van der Waals surface area contributed by atoms with E-state index < -0.39 is 0 Å². The highest BCUT2D eigenvalue weighted by molar-refractivity contribution is 5.92. The molecular formula is C28H41N7O. The highest BCUT2D eigenvalue weighted by Crippen LogP contribution is 2.31. The molecule has 0 bridgehead atoms. The first-order valence-electron chi connectivity index (χ1n) is 13.3. The quantitative estimate of drug-likeness (QED) is 0.428. The summed E-state index contributed by atoms with van der Waals surface area (Å²) in [5.41, 5.74) is 5.10. The molecule has 194 valence electrons. The highest BCUT2D eigenvalue weighted by Gasteiger charge is 2.28. The SMILES string of the molecule is Cc1ccc(-n2nc3c(N4CCC(C(=O)NCCCCCCN(C)C)CC4)nnc(C)c3c2C)cc1. The largest absolute Gasteiger partial charge is 0.356 e. The van der Waals surface area contributed by atoms with Crippen LogP contribution in [0, 0.1) is 26.7 Å². The molecule has 1 N–H and O–H groups in total. The zero-order valence-corrected chi connectivity index (χ0v) is 22.5. The Morgan fingerprint density at radius 2 is 1.69 bits per heavy atom. The van der Waals surface area contributed by atoms with Gasteiger partial charge in [-0.3, -0.25) is 4.79 Å². The van der Waals surface area contributed by atoms with Crippen LogP contribution >= 0.6 is 0 Å². The van der Waals surface area contributed by atoms with E-state index in [1.165, 1.54) is 24.8 Å². The normalized spacial score (nSPS) is 14.7. The maximum atomic E-state index is 12.7. The minimum atomic E-state index is 0.0655. The topological polar surface area (TPSA) is 79.2 Å². The Hall–Kier alpha value is -3.00. The van der Waals surface area contributed by atoms with Gasteiger partial charge in [-0.2, -0.15) is 10.2 Å². The molecule has 0 spiro atoms. The number of unbranched alkanes of at least 4 members (excludes halogenated alkanes) is 3. The van der Waals surface area contributed by atoms with Gasteiger partial charge >= 0.3 is 0 Å². The number of aryl methyl sites for hydroxylation is 3. The molecule has 2 aromatic heterocycles. The number of amides is 1. The van der Waals surface area contributed by atoms with Gasteiger partial charge in [0.15, 0.2) is 5.82 Å². The molecule has 0 radical (unpaired) electrons. The van der Waals surface area contributed by atoms with Crippen molar-refractivity contribution in [1.29, 1.82) is 0 Å². The van der Waals surface area contributed by atoms with E-state index in [4.69, 9.17) is 5.10 Å². The Balaban J connectivity index is 1.36. The van der Waals surface area contributed by atoms with E-state index in [-0.39, 0.29) is 11.8 Å². The maximum absolute atomic E-state index is 12.7. The summed E-state index contributed by atoms with van der Waals surface area (Å²) in [6.45, 7) is 9.65. The van der Waals surface area contributed by atoms with Crippen LogP contribution in [0.15, 0.2) is 24.3 Å². The van der Waals surface area contributed by atoms with Gasteiger partial charge in [-0.15, -0.1) is 5.10 Å². The fourth-order valence-electron chi connectivity index (χ4n) is 5.08. The Kier molecular flexibility index (Phi) is 8.56. The molecule has 0 saturated carbocycles. The van der Waals surface area contributed by atoms with Crippen LogP contribution in [0.3, 0.4) is 0 Å². The molecule has 8 heteroatoms. The van der Waals surface area contributed by atoms with Crippen molar-refractivity contribution in [3.8, 4) is 5.69 Å². The minimum Gasteiger partial charge on any atom is -0.356 e. The summed E-state index contributed by atoms with van der Waals surface area (Å²) in [4.78, 5) is 17.2. The molecule has 1 aliphatic heterocycles. The predicted octanol–water partition coefficient (Wildman–Crippen LogP) is 4.20. The van der Waals surface area contributed by atoms with Crippen LogP contribution in [0.25, 0.3) is 16.6 Å². The molecule has 1 amide bonds. The lowest BCUT2D eigenvalue weighted by Crippen LogP contribution is -2.41. The van der Waals surface area contributed by atoms with Crippen molar-refractivity contribution in [3.63, 3.8) is 0 Å². The first-order chi connectivity index (χ1) is 17.3. The first kappa shape index (κ1) is 26.1. The third kappa shape index (κ3) is 6.03. The Labute approximate surface area is 215 Å². The molecule has 1 fully saturated rings. The van der Waals surface area contributed by atoms with E-state index in [0.29, 0.717) is 0 Å². The number of nitrogens with one attached hydrogen (secondary N) is 1. The fraction of sp³-hybridized carbons (Fsp3) is 0.571. The minimum absolute atomic E-state index is 0.0655. The number of carbonyl (C=O) groups excluding carboxylic acids is 1. The van der Waals surface area contributed by atoms with Gasteiger partial charge in [0.05, 0.1) is 22.5 Å². The van der Waals surface area contributed by atoms with Gasteiger partial charge in [0.2, 0.25) is 5.91 Å². The van der Waals surface area contributed by atoms with Crippen LogP contribution in [0.2, 0.25) is 0 Å². The average molecular weight is 492 g/mol. The molecule has 36 heavy (non-hydrogen) atoms. The summed E-state index contributed by atoms with van der Waals surface area (Å²) in [5, 5.41) is 18.2. The second-order valence-electron chi connectivity index (χ2n) is 10.4. The molecule has 4 rings (SSSR count). The number of anilines is 1. The molecule has 3 aromatic rings. The van der Waals surface area contributed by atoms with E-state index in [1.807, 2.05) is 11.6 Å². The van der Waals surface area contributed by atoms with Gasteiger partial charge < -0.3 is 15.1 Å². The van der Waals surface area contributed by atoms with Gasteiger partial charge in [-0.1, -0.05) is 30.5 Å². The first-order valence-corrected chi connectivity index (χ1v) is 13.3. The molecular weight excluding hydrogens is 450 g/mol. The lowest BCUT2D eigenvalue weighted by molar-refractivity contribution is -0.125. The molecule has 1 aliphatic rings. The Morgan fingerprint density at radius 1 is 1.00 bits per heavy atom. The van der Waals surface area contributed by atoms with Crippen molar-refractivity contribution in [2.24, 2.45) is 5.92 Å². The molecule has 0 unspecified atom stereocenters. The summed E-state index contributed by atoms with van der Waals surface area (Å²) in [7, 11) is 4.22. The van der Waals surface area contributed by atoms with Gasteiger partial charge in [0.1, 0.15) is 5.52 Å². The molecule has 8 nitrogen and oxygen atoms in total. The summed E-state index contributed by atoms with van der Waals surface area (Å²) >= 11 is 0. The van der Waals surface area contributed by atoms with Crippen LogP contribution in [0.5, 0.6) is 0 Å². The van der Waals surface area contributed by atoms with Crippen molar-refractivity contribution in [1.82, 2.24) is 30.2 Å². The number of rotatable bonds is 10. The van der Waals surface area contributed by atoms with Crippen molar-refractivity contribution < 1.29 is 4.79 Å². The van der Waals surface area contributed by atoms with E-state index in [0.717, 1.165) is 79.2 Å². The van der Waals surface area contributed by atoms with Gasteiger partial charge in [0.25, 0.3) is 0 Å². The zero-order chi connectivity index (χ0) is 25.7. The second-order valence-corrected chi connectivity index (χ2v) is 10.4. The second kappa shape index (κ2) is 11.8. The molecule has 1 saturated heterocycles. The van der Waals surface area contributed by atoms with Crippen LogP contribution in [-0.4, -0.2) is 71.1 Å². The molecule has 0 aliphatic carbocycles. The van der Waals surface area contributed by atoms with Crippen LogP contribution in [-0.2, 0) is 4.79 Å². The lowest BCUT2D eigenvalue weighted by Gasteiger charge is -2.32. The summed E-state index contributed by atoms with van der Waals surface area (Å²) in [5.74, 6) is 1.08. The number of fused-ring (bicyclic) bond motifs is 1. The number of nitrogens with zero attached hydrogens (tertiary/aromatic N) is 6. The summed E-state index contributed by atoms with van der Waals surface area (Å²) in [6, 6.07) is 8.40. The smallest absolute Gasteiger partial charge is 0.223 e. The molecule has 1 aromatic carbocycles. The number of hydrogen-bond acceptors (Lipinski definition) is 6. The number of benzene rings is 1. The fourth-order valence-corrected chi connectivity index (χ4v) is 5.08. The van der Waals surface area contributed by atoms with Gasteiger partial charge in [-0.05, 0) is 79.2 Å². The van der Waals surface area contributed by atoms with E-state index in [9.17, 15) is 4.79 Å². The zero-order valence-electron chi connectivity index (χ0n) is 22.5. The monoisotopic (exact) mass is 491 g/mol. The van der Waals surface area contributed by atoms with Crippen molar-refractivity contribution in [3.05, 3.63) is 41.2 Å². The van der Waals surface area contributed by atoms with Crippen molar-refractivity contribution in [2.45, 2.75) is 59.3 Å². The Morgan fingerprint density at radius 3 is 2.39 bits per heavy atom. The van der Waals surface area contributed by atoms with Gasteiger partial charge in [-0.25, -0.2) is 4.68 Å². The summed E-state index contributed by atoms with van der Waals surface area (Å²) < 4.78 is 1.99. The molecule has 0 atom stereocenters. The molecule has 3 heterocycles. The number of carbonyl (C=O) groups is 1. The maximum Gasteiger partial charge on any atom is 0.223 e. The highest BCUT2D eigenvalue weighted by atomic mass is 16.1. The Bertz CT molecular complexity index is 1160. The van der Waals surface area contributed by atoms with Crippen molar-refractivity contribution in [2.75, 3.05) is 45.2 Å². The lowest BCUT2D eigenvalue weighted by atomic mass is 9.95. The standard InChI is InChI=1S/C28H41N7O/c1-20-10-12-24(13-11-20)35-22(3)25-21(2)30-31-27(26(25)32-35)34-18-14-23(15-19-34)28(36)29-16-8-6-7-9-17-33(4)5/h10-13,23H,6-9,14-19H2,1-5H3,(H,29,36).